The van der Waals surface area contributed by atoms with Crippen LogP contribution in [0.4, 0.5) is 5.82 Å². The van der Waals surface area contributed by atoms with Gasteiger partial charge in [0.2, 0.25) is 0 Å². The van der Waals surface area contributed by atoms with E-state index in [2.05, 4.69) is 20.4 Å². The Morgan fingerprint density at radius 3 is 3.00 bits per heavy atom. The zero-order valence-corrected chi connectivity index (χ0v) is 11.6. The maximum atomic E-state index is 5.95. The predicted molar refractivity (Wildman–Crippen MR) is 73.1 cm³/mol. The van der Waals surface area contributed by atoms with E-state index < -0.39 is 0 Å². The Morgan fingerprint density at radius 1 is 1.47 bits per heavy atom. The van der Waals surface area contributed by atoms with E-state index in [9.17, 15) is 0 Å². The number of nitrogens with one attached hydrogen (secondary N) is 1. The lowest BCUT2D eigenvalue weighted by molar-refractivity contribution is 0.178. The summed E-state index contributed by atoms with van der Waals surface area (Å²) in [6.07, 6.45) is 3.67. The molecular formula is C12H16ClN5O. The van der Waals surface area contributed by atoms with Crippen molar-refractivity contribution in [3.63, 3.8) is 0 Å². The van der Waals surface area contributed by atoms with Crippen molar-refractivity contribution >= 4 is 17.4 Å². The topological polar surface area (TPSA) is 64.9 Å². The summed E-state index contributed by atoms with van der Waals surface area (Å²) in [5, 5.41) is 7.83. The second-order valence-electron chi connectivity index (χ2n) is 4.20. The van der Waals surface area contributed by atoms with Gasteiger partial charge < -0.3 is 10.1 Å². The van der Waals surface area contributed by atoms with Crippen molar-refractivity contribution in [2.75, 3.05) is 12.4 Å². The van der Waals surface area contributed by atoms with Crippen LogP contribution in [0.3, 0.4) is 0 Å². The normalized spacial score (nSPS) is 12.4. The van der Waals surface area contributed by atoms with Crippen LogP contribution in [-0.2, 0) is 17.9 Å². The van der Waals surface area contributed by atoms with Gasteiger partial charge in [0.15, 0.2) is 5.82 Å². The number of halogens is 1. The number of hydrogen-bond acceptors (Lipinski definition) is 5. The predicted octanol–water partition coefficient (Wildman–Crippen LogP) is 1.97. The van der Waals surface area contributed by atoms with Gasteiger partial charge in [0.05, 0.1) is 6.54 Å². The highest BCUT2D eigenvalue weighted by Gasteiger charge is 2.07. The van der Waals surface area contributed by atoms with Crippen molar-refractivity contribution in [1.82, 2.24) is 19.7 Å². The summed E-state index contributed by atoms with van der Waals surface area (Å²) >= 11 is 5.95. The highest BCUT2D eigenvalue weighted by atomic mass is 35.5. The number of aromatic nitrogens is 4. The SMILES string of the molecule is COCc1nc(Cl)cc(NC(C)Cn2cccn2)n1. The van der Waals surface area contributed by atoms with Gasteiger partial charge in [0.1, 0.15) is 17.6 Å². The van der Waals surface area contributed by atoms with Crippen molar-refractivity contribution in [1.29, 1.82) is 0 Å². The van der Waals surface area contributed by atoms with Crippen LogP contribution in [-0.4, -0.2) is 32.9 Å². The zero-order valence-electron chi connectivity index (χ0n) is 10.9. The first kappa shape index (κ1) is 13.8. The maximum absolute atomic E-state index is 5.95. The fourth-order valence-electron chi connectivity index (χ4n) is 1.72. The number of nitrogens with zero attached hydrogens (tertiary/aromatic N) is 4. The summed E-state index contributed by atoms with van der Waals surface area (Å²) in [5.41, 5.74) is 0. The lowest BCUT2D eigenvalue weighted by Gasteiger charge is -2.15. The summed E-state index contributed by atoms with van der Waals surface area (Å²) in [6, 6.07) is 3.76. The molecule has 2 rings (SSSR count). The van der Waals surface area contributed by atoms with E-state index in [1.54, 1.807) is 19.4 Å². The van der Waals surface area contributed by atoms with E-state index in [-0.39, 0.29) is 6.04 Å². The molecule has 7 heteroatoms. The van der Waals surface area contributed by atoms with Crippen LogP contribution >= 0.6 is 11.6 Å². The van der Waals surface area contributed by atoms with Crippen LogP contribution in [0.15, 0.2) is 24.5 Å². The fourth-order valence-corrected chi connectivity index (χ4v) is 1.92. The van der Waals surface area contributed by atoms with Crippen LogP contribution in [0.25, 0.3) is 0 Å². The first-order chi connectivity index (χ1) is 9.17. The average molecular weight is 282 g/mol. The minimum absolute atomic E-state index is 0.168. The third-order valence-electron chi connectivity index (χ3n) is 2.43. The fraction of sp³-hybridized carbons (Fsp3) is 0.417. The van der Waals surface area contributed by atoms with E-state index >= 15 is 0 Å². The number of anilines is 1. The van der Waals surface area contributed by atoms with E-state index in [1.165, 1.54) is 0 Å². The Morgan fingerprint density at radius 2 is 2.32 bits per heavy atom. The molecule has 0 saturated heterocycles. The van der Waals surface area contributed by atoms with E-state index in [1.807, 2.05) is 23.9 Å². The van der Waals surface area contributed by atoms with Gasteiger partial charge in [-0.1, -0.05) is 11.6 Å². The smallest absolute Gasteiger partial charge is 0.158 e. The monoisotopic (exact) mass is 281 g/mol. The third-order valence-corrected chi connectivity index (χ3v) is 2.62. The van der Waals surface area contributed by atoms with Gasteiger partial charge in [-0.3, -0.25) is 4.68 Å². The minimum atomic E-state index is 0.168. The number of ether oxygens (including phenoxy) is 1. The van der Waals surface area contributed by atoms with Gasteiger partial charge in [-0.15, -0.1) is 0 Å². The molecule has 2 aromatic heterocycles. The second-order valence-corrected chi connectivity index (χ2v) is 4.59. The van der Waals surface area contributed by atoms with Crippen molar-refractivity contribution in [3.05, 3.63) is 35.5 Å². The van der Waals surface area contributed by atoms with E-state index in [0.29, 0.717) is 23.4 Å². The molecule has 102 valence electrons. The number of methoxy groups -OCH3 is 1. The first-order valence-corrected chi connectivity index (χ1v) is 6.31. The summed E-state index contributed by atoms with van der Waals surface area (Å²) < 4.78 is 6.86. The molecule has 1 N–H and O–H groups in total. The molecule has 6 nitrogen and oxygen atoms in total. The molecule has 0 aliphatic carbocycles. The summed E-state index contributed by atoms with van der Waals surface area (Å²) in [6.45, 7) is 3.13. The molecule has 1 unspecified atom stereocenters. The van der Waals surface area contributed by atoms with Crippen LogP contribution < -0.4 is 5.32 Å². The van der Waals surface area contributed by atoms with Crippen LogP contribution in [0.1, 0.15) is 12.7 Å². The largest absolute Gasteiger partial charge is 0.377 e. The quantitative estimate of drug-likeness (QED) is 0.820. The summed E-state index contributed by atoms with van der Waals surface area (Å²) in [5.74, 6) is 1.25. The van der Waals surface area contributed by atoms with E-state index in [4.69, 9.17) is 16.3 Å². The molecule has 19 heavy (non-hydrogen) atoms. The second kappa shape index (κ2) is 6.49. The van der Waals surface area contributed by atoms with Gasteiger partial charge in [0, 0.05) is 31.6 Å². The molecule has 0 saturated carbocycles. The van der Waals surface area contributed by atoms with Crippen LogP contribution in [0, 0.1) is 0 Å². The van der Waals surface area contributed by atoms with Gasteiger partial charge in [-0.2, -0.15) is 5.10 Å². The number of rotatable bonds is 6. The van der Waals surface area contributed by atoms with Crippen molar-refractivity contribution in [2.24, 2.45) is 0 Å². The summed E-state index contributed by atoms with van der Waals surface area (Å²) in [4.78, 5) is 8.41. The number of hydrogen-bond donors (Lipinski definition) is 1. The third kappa shape index (κ3) is 4.18. The van der Waals surface area contributed by atoms with E-state index in [0.717, 1.165) is 6.54 Å². The molecule has 0 fully saturated rings. The zero-order chi connectivity index (χ0) is 13.7. The minimum Gasteiger partial charge on any atom is -0.377 e. The molecular weight excluding hydrogens is 266 g/mol. The molecule has 0 radical (unpaired) electrons. The molecule has 0 bridgehead atoms. The maximum Gasteiger partial charge on any atom is 0.158 e. The molecule has 0 aliphatic heterocycles. The molecule has 2 aromatic rings. The average Bonchev–Trinajstić information content (AvgIpc) is 2.81. The van der Waals surface area contributed by atoms with Gasteiger partial charge in [0.25, 0.3) is 0 Å². The highest BCUT2D eigenvalue weighted by molar-refractivity contribution is 6.29. The van der Waals surface area contributed by atoms with Crippen molar-refractivity contribution < 1.29 is 4.74 Å². The van der Waals surface area contributed by atoms with Crippen LogP contribution in [0.2, 0.25) is 5.15 Å². The van der Waals surface area contributed by atoms with Gasteiger partial charge >= 0.3 is 0 Å². The van der Waals surface area contributed by atoms with Gasteiger partial charge in [-0.25, -0.2) is 9.97 Å². The molecule has 0 amide bonds. The van der Waals surface area contributed by atoms with Crippen molar-refractivity contribution in [2.45, 2.75) is 26.1 Å². The summed E-state index contributed by atoms with van der Waals surface area (Å²) in [7, 11) is 1.59. The first-order valence-electron chi connectivity index (χ1n) is 5.93. The molecule has 0 aromatic carbocycles. The molecule has 1 atom stereocenters. The van der Waals surface area contributed by atoms with Crippen molar-refractivity contribution in [3.8, 4) is 0 Å². The standard InChI is InChI=1S/C12H16ClN5O/c1-9(7-18-5-3-4-14-18)15-11-6-10(13)16-12(17-11)8-19-2/h3-6,9H,7-8H2,1-2H3,(H,15,16,17). The lowest BCUT2D eigenvalue weighted by atomic mass is 10.3. The molecule has 0 spiro atoms. The Balaban J connectivity index is 2.01. The Hall–Kier alpha value is -1.66. The van der Waals surface area contributed by atoms with Crippen LogP contribution in [0.5, 0.6) is 0 Å². The Kier molecular flexibility index (Phi) is 4.70. The Labute approximate surface area is 116 Å². The highest BCUT2D eigenvalue weighted by Crippen LogP contribution is 2.13. The Bertz CT molecular complexity index is 517. The molecule has 0 aliphatic rings. The lowest BCUT2D eigenvalue weighted by Crippen LogP contribution is -2.23. The van der Waals surface area contributed by atoms with Gasteiger partial charge in [-0.05, 0) is 13.0 Å². The molecule has 2 heterocycles.